The van der Waals surface area contributed by atoms with Crippen molar-refractivity contribution in [1.82, 2.24) is 4.90 Å². The normalized spacial score (nSPS) is 16.3. The quantitative estimate of drug-likeness (QED) is 0.182. The molecule has 3 aromatic rings. The van der Waals surface area contributed by atoms with Gasteiger partial charge >= 0.3 is 0 Å². The van der Waals surface area contributed by atoms with E-state index in [4.69, 9.17) is 9.47 Å². The molecule has 0 radical (unpaired) electrons. The highest BCUT2D eigenvalue weighted by atomic mass is 16.5. The first-order valence-electron chi connectivity index (χ1n) is 15.5. The highest BCUT2D eigenvalue weighted by Crippen LogP contribution is 2.41. The van der Waals surface area contributed by atoms with E-state index in [-0.39, 0.29) is 5.92 Å². The van der Waals surface area contributed by atoms with Crippen LogP contribution in [0.1, 0.15) is 80.2 Å². The number of likely N-dealkylation sites (tertiary alicyclic amines) is 1. The number of hydrogen-bond donors (Lipinski definition) is 0. The molecule has 0 bridgehead atoms. The Kier molecular flexibility index (Phi) is 9.50. The lowest BCUT2D eigenvalue weighted by molar-refractivity contribution is 0.248. The first kappa shape index (κ1) is 29.7. The number of fused-ring (bicyclic) bond motifs is 2. The van der Waals surface area contributed by atoms with Gasteiger partial charge in [0.25, 0.3) is 0 Å². The summed E-state index contributed by atoms with van der Waals surface area (Å²) in [6, 6.07) is 26.3. The summed E-state index contributed by atoms with van der Waals surface area (Å²) in [7, 11) is 3.29. The Bertz CT molecular complexity index is 1430. The van der Waals surface area contributed by atoms with Crippen LogP contribution < -0.4 is 9.47 Å². The van der Waals surface area contributed by atoms with Crippen LogP contribution in [0.2, 0.25) is 0 Å². The summed E-state index contributed by atoms with van der Waals surface area (Å²) in [5.74, 6) is 1.58. The average Bonchev–Trinajstić information content (AvgIpc) is 3.20. The fourth-order valence-electron chi connectivity index (χ4n) is 6.79. The van der Waals surface area contributed by atoms with Gasteiger partial charge in [0.15, 0.2) is 11.5 Å². The van der Waals surface area contributed by atoms with Crippen molar-refractivity contribution in [2.24, 2.45) is 5.92 Å². The van der Waals surface area contributed by atoms with E-state index in [0.717, 1.165) is 63.7 Å². The summed E-state index contributed by atoms with van der Waals surface area (Å²) >= 11 is 0. The number of unbranched alkanes of at least 4 members (excludes halogenated alkanes) is 2. The van der Waals surface area contributed by atoms with E-state index in [1.165, 1.54) is 27.8 Å². The monoisotopic (exact) mass is 560 g/mol. The van der Waals surface area contributed by atoms with Crippen molar-refractivity contribution in [2.45, 2.75) is 57.8 Å². The second kappa shape index (κ2) is 13.4. The van der Waals surface area contributed by atoms with Gasteiger partial charge in [-0.25, -0.2) is 0 Å². The van der Waals surface area contributed by atoms with Crippen molar-refractivity contribution in [3.8, 4) is 17.6 Å². The van der Waals surface area contributed by atoms with Crippen LogP contribution in [0.25, 0.3) is 17.7 Å². The van der Waals surface area contributed by atoms with Crippen LogP contribution in [0.5, 0.6) is 11.5 Å². The molecule has 0 N–H and O–H groups in total. The number of piperidine rings is 1. The third kappa shape index (κ3) is 6.03. The van der Waals surface area contributed by atoms with E-state index in [0.29, 0.717) is 11.5 Å². The lowest BCUT2D eigenvalue weighted by Crippen LogP contribution is -2.32. The molecule has 4 heteroatoms. The van der Waals surface area contributed by atoms with Crippen LogP contribution in [0.3, 0.4) is 0 Å². The van der Waals surface area contributed by atoms with Gasteiger partial charge in [0.05, 0.1) is 25.7 Å². The van der Waals surface area contributed by atoms with Crippen LogP contribution in [0.4, 0.5) is 0 Å². The van der Waals surface area contributed by atoms with Gasteiger partial charge in [0.1, 0.15) is 0 Å². The van der Waals surface area contributed by atoms with Crippen LogP contribution in [-0.4, -0.2) is 38.8 Å². The van der Waals surface area contributed by atoms with Gasteiger partial charge < -0.3 is 14.4 Å². The van der Waals surface area contributed by atoms with Crippen LogP contribution in [-0.2, 0) is 5.41 Å². The molecule has 1 saturated heterocycles. The molecule has 5 rings (SSSR count). The third-order valence-corrected chi connectivity index (χ3v) is 9.35. The fraction of sp³-hybridized carbons (Fsp3) is 0.395. The second-order valence-electron chi connectivity index (χ2n) is 11.9. The number of hydrogen-bond acceptors (Lipinski definition) is 4. The molecule has 4 nitrogen and oxygen atoms in total. The largest absolute Gasteiger partial charge is 0.493 e. The van der Waals surface area contributed by atoms with Crippen LogP contribution >= 0.6 is 0 Å². The van der Waals surface area contributed by atoms with Gasteiger partial charge in [0.2, 0.25) is 0 Å². The van der Waals surface area contributed by atoms with E-state index in [2.05, 4.69) is 85.5 Å². The molecule has 1 atom stereocenters. The van der Waals surface area contributed by atoms with Gasteiger partial charge in [-0.05, 0) is 83.7 Å². The number of methoxy groups -OCH3 is 2. The van der Waals surface area contributed by atoms with Crippen LogP contribution in [0, 0.1) is 17.2 Å². The summed E-state index contributed by atoms with van der Waals surface area (Å²) < 4.78 is 11.0. The lowest BCUT2D eigenvalue weighted by atomic mass is 9.69. The van der Waals surface area contributed by atoms with Crippen molar-refractivity contribution >= 4 is 17.7 Å². The standard InChI is InChI=1S/C38H44N2O2/c1-28(2)38(27-39,32-18-19-35(41-3)36(26-32)42-4)22-10-5-11-23-40-24-20-31(21-25-40)37-33-14-8-6-12-29(33)16-17-30-13-7-9-15-34(30)37/h6-9,12-19,26,28H,5,10-11,20-25H2,1-4H3. The summed E-state index contributed by atoms with van der Waals surface area (Å²) in [5.41, 5.74) is 8.86. The summed E-state index contributed by atoms with van der Waals surface area (Å²) in [6.45, 7) is 7.64. The molecule has 1 aliphatic heterocycles. The average molecular weight is 561 g/mol. The molecule has 0 aromatic heterocycles. The number of benzene rings is 3. The number of nitrogens with zero attached hydrogens (tertiary/aromatic N) is 2. The summed E-state index contributed by atoms with van der Waals surface area (Å²) in [5, 5.41) is 10.4. The first-order chi connectivity index (χ1) is 20.5. The SMILES string of the molecule is COc1ccc(C(C#N)(CCCCCN2CCC(=C3c4ccccc4C=Cc4ccccc43)CC2)C(C)C)cc1OC. The molecule has 1 fully saturated rings. The molecule has 2 aliphatic rings. The topological polar surface area (TPSA) is 45.5 Å². The number of rotatable bonds is 10. The zero-order chi connectivity index (χ0) is 29.5. The Hall–Kier alpha value is -3.81. The van der Waals surface area contributed by atoms with Crippen molar-refractivity contribution in [3.05, 3.63) is 100 Å². The minimum Gasteiger partial charge on any atom is -0.493 e. The molecule has 218 valence electrons. The van der Waals surface area contributed by atoms with E-state index in [9.17, 15) is 5.26 Å². The molecule has 0 amide bonds. The highest BCUT2D eigenvalue weighted by molar-refractivity contribution is 5.94. The van der Waals surface area contributed by atoms with Gasteiger partial charge in [-0.1, -0.05) is 99.0 Å². The first-order valence-corrected chi connectivity index (χ1v) is 15.5. The predicted octanol–water partition coefficient (Wildman–Crippen LogP) is 8.76. The molecule has 3 aromatic carbocycles. The number of ether oxygens (including phenoxy) is 2. The van der Waals surface area contributed by atoms with Crippen LogP contribution in [0.15, 0.2) is 72.3 Å². The van der Waals surface area contributed by atoms with E-state index in [1.807, 2.05) is 18.2 Å². The maximum atomic E-state index is 10.4. The maximum absolute atomic E-state index is 10.4. The Morgan fingerprint density at radius 2 is 1.43 bits per heavy atom. The smallest absolute Gasteiger partial charge is 0.161 e. The van der Waals surface area contributed by atoms with Gasteiger partial charge in [-0.3, -0.25) is 0 Å². The zero-order valence-corrected chi connectivity index (χ0v) is 25.7. The van der Waals surface area contributed by atoms with Crippen molar-refractivity contribution in [1.29, 1.82) is 5.26 Å². The Balaban J connectivity index is 1.20. The van der Waals surface area contributed by atoms with E-state index >= 15 is 0 Å². The minimum absolute atomic E-state index is 0.198. The Morgan fingerprint density at radius 3 is 2.00 bits per heavy atom. The van der Waals surface area contributed by atoms with Gasteiger partial charge in [-0.15, -0.1) is 0 Å². The zero-order valence-electron chi connectivity index (χ0n) is 25.7. The predicted molar refractivity (Wildman–Crippen MR) is 174 cm³/mol. The maximum Gasteiger partial charge on any atom is 0.161 e. The van der Waals surface area contributed by atoms with Crippen molar-refractivity contribution < 1.29 is 9.47 Å². The summed E-state index contributed by atoms with van der Waals surface area (Å²) in [6.07, 6.45) is 10.9. The third-order valence-electron chi connectivity index (χ3n) is 9.35. The molecule has 1 unspecified atom stereocenters. The highest BCUT2D eigenvalue weighted by Gasteiger charge is 2.36. The lowest BCUT2D eigenvalue weighted by Gasteiger charge is -2.32. The Morgan fingerprint density at radius 1 is 0.810 bits per heavy atom. The number of nitriles is 1. The van der Waals surface area contributed by atoms with Crippen molar-refractivity contribution in [3.63, 3.8) is 0 Å². The summed E-state index contributed by atoms with van der Waals surface area (Å²) in [4.78, 5) is 2.63. The van der Waals surface area contributed by atoms with Gasteiger partial charge in [0, 0.05) is 13.1 Å². The second-order valence-corrected chi connectivity index (χ2v) is 11.9. The molecule has 1 aliphatic carbocycles. The molecular formula is C38H44N2O2. The fourth-order valence-corrected chi connectivity index (χ4v) is 6.79. The van der Waals surface area contributed by atoms with E-state index < -0.39 is 5.41 Å². The van der Waals surface area contributed by atoms with Gasteiger partial charge in [-0.2, -0.15) is 5.26 Å². The molecule has 0 spiro atoms. The minimum atomic E-state index is -0.536. The van der Waals surface area contributed by atoms with E-state index in [1.54, 1.807) is 19.8 Å². The molecule has 0 saturated carbocycles. The molecule has 1 heterocycles. The van der Waals surface area contributed by atoms with Crippen molar-refractivity contribution in [2.75, 3.05) is 33.9 Å². The molecule has 42 heavy (non-hydrogen) atoms. The Labute approximate surface area is 252 Å². The molecular weight excluding hydrogens is 516 g/mol.